The largest absolute Gasteiger partial charge is 0.356 e. The van der Waals surface area contributed by atoms with Crippen molar-refractivity contribution in [1.29, 1.82) is 0 Å². The number of benzene rings is 2. The van der Waals surface area contributed by atoms with Gasteiger partial charge in [-0.25, -0.2) is 0 Å². The maximum Gasteiger partial charge on any atom is 0.167 e. The third kappa shape index (κ3) is 2.56. The van der Waals surface area contributed by atoms with Crippen LogP contribution in [0.1, 0.15) is 36.9 Å². The predicted octanol–water partition coefficient (Wildman–Crippen LogP) is 4.77. The van der Waals surface area contributed by atoms with Crippen LogP contribution in [-0.2, 0) is 10.2 Å². The van der Waals surface area contributed by atoms with Crippen molar-refractivity contribution in [3.05, 3.63) is 78.0 Å². The van der Waals surface area contributed by atoms with Gasteiger partial charge in [-0.1, -0.05) is 65.8 Å². The highest BCUT2D eigenvalue weighted by Crippen LogP contribution is 2.44. The molecule has 1 aliphatic rings. The van der Waals surface area contributed by atoms with Gasteiger partial charge in [0.15, 0.2) is 5.76 Å². The molecule has 3 heteroatoms. The van der Waals surface area contributed by atoms with Gasteiger partial charge in [-0.15, -0.1) is 0 Å². The van der Waals surface area contributed by atoms with Gasteiger partial charge in [-0.3, -0.25) is 4.79 Å². The molecule has 24 heavy (non-hydrogen) atoms. The first-order chi connectivity index (χ1) is 11.8. The van der Waals surface area contributed by atoms with Crippen molar-refractivity contribution in [2.24, 2.45) is 0 Å². The summed E-state index contributed by atoms with van der Waals surface area (Å²) in [6, 6.07) is 22.4. The summed E-state index contributed by atoms with van der Waals surface area (Å²) in [5, 5.41) is 4.40. The summed E-state index contributed by atoms with van der Waals surface area (Å²) in [6.07, 6.45) is 2.78. The van der Waals surface area contributed by atoms with E-state index in [1.807, 2.05) is 54.6 Å². The Hall–Kier alpha value is -2.68. The van der Waals surface area contributed by atoms with E-state index in [2.05, 4.69) is 17.3 Å². The molecule has 1 aromatic heterocycles. The standard InChI is InChI=1S/C21H19NO2/c23-18-11-13-21(14-12-18,17-9-5-2-6-10-17)20-15-19(24-22-20)16-7-3-1-4-8-16/h1-10,15H,11-14H2. The number of Topliss-reactive ketones (excluding diaryl/α,β-unsaturated/α-hetero) is 1. The fourth-order valence-electron chi connectivity index (χ4n) is 3.64. The van der Waals surface area contributed by atoms with Crippen molar-refractivity contribution in [1.82, 2.24) is 5.16 Å². The Morgan fingerprint density at radius 2 is 1.50 bits per heavy atom. The Morgan fingerprint density at radius 1 is 0.875 bits per heavy atom. The zero-order valence-corrected chi connectivity index (χ0v) is 13.4. The van der Waals surface area contributed by atoms with Gasteiger partial charge in [0.2, 0.25) is 0 Å². The van der Waals surface area contributed by atoms with E-state index >= 15 is 0 Å². The van der Waals surface area contributed by atoms with Crippen molar-refractivity contribution in [3.63, 3.8) is 0 Å². The van der Waals surface area contributed by atoms with Crippen molar-refractivity contribution < 1.29 is 9.32 Å². The average Bonchev–Trinajstić information content (AvgIpc) is 3.15. The summed E-state index contributed by atoms with van der Waals surface area (Å²) in [7, 11) is 0. The summed E-state index contributed by atoms with van der Waals surface area (Å²) in [6.45, 7) is 0. The normalized spacial score (nSPS) is 16.9. The van der Waals surface area contributed by atoms with Crippen LogP contribution in [0.4, 0.5) is 0 Å². The molecular weight excluding hydrogens is 298 g/mol. The number of carbonyl (C=O) groups excluding carboxylic acids is 1. The monoisotopic (exact) mass is 317 g/mol. The summed E-state index contributed by atoms with van der Waals surface area (Å²) < 4.78 is 5.64. The molecule has 1 saturated carbocycles. The zero-order chi connectivity index (χ0) is 16.4. The van der Waals surface area contributed by atoms with Crippen LogP contribution >= 0.6 is 0 Å². The molecule has 0 saturated heterocycles. The summed E-state index contributed by atoms with van der Waals surface area (Å²) in [5.41, 5.74) is 2.93. The van der Waals surface area contributed by atoms with E-state index in [1.165, 1.54) is 5.56 Å². The van der Waals surface area contributed by atoms with Gasteiger partial charge in [0.1, 0.15) is 5.78 Å². The number of carbonyl (C=O) groups is 1. The summed E-state index contributed by atoms with van der Waals surface area (Å²) in [5.74, 6) is 1.12. The van der Waals surface area contributed by atoms with Gasteiger partial charge in [-0.2, -0.15) is 0 Å². The van der Waals surface area contributed by atoms with Gasteiger partial charge in [0.05, 0.1) is 5.69 Å². The zero-order valence-electron chi connectivity index (χ0n) is 13.4. The Morgan fingerprint density at radius 3 is 2.17 bits per heavy atom. The van der Waals surface area contributed by atoms with Crippen molar-refractivity contribution in [2.45, 2.75) is 31.1 Å². The lowest BCUT2D eigenvalue weighted by atomic mass is 9.67. The first-order valence-corrected chi connectivity index (χ1v) is 8.38. The minimum absolute atomic E-state index is 0.230. The van der Waals surface area contributed by atoms with Gasteiger partial charge < -0.3 is 4.52 Å². The number of ketones is 1. The quantitative estimate of drug-likeness (QED) is 0.699. The molecule has 1 fully saturated rings. The topological polar surface area (TPSA) is 43.1 Å². The van der Waals surface area contributed by atoms with Gasteiger partial charge >= 0.3 is 0 Å². The number of hydrogen-bond acceptors (Lipinski definition) is 3. The highest BCUT2D eigenvalue weighted by atomic mass is 16.5. The third-order valence-corrected chi connectivity index (χ3v) is 5.05. The minimum atomic E-state index is -0.230. The second-order valence-electron chi connectivity index (χ2n) is 6.43. The number of nitrogens with zero attached hydrogens (tertiary/aromatic N) is 1. The maximum absolute atomic E-state index is 11.8. The van der Waals surface area contributed by atoms with Crippen LogP contribution in [0.2, 0.25) is 0 Å². The molecule has 1 heterocycles. The predicted molar refractivity (Wildman–Crippen MR) is 92.6 cm³/mol. The van der Waals surface area contributed by atoms with E-state index in [9.17, 15) is 4.79 Å². The molecule has 2 aromatic carbocycles. The molecule has 0 radical (unpaired) electrons. The van der Waals surface area contributed by atoms with E-state index in [4.69, 9.17) is 4.52 Å². The lowest BCUT2D eigenvalue weighted by molar-refractivity contribution is -0.121. The van der Waals surface area contributed by atoms with Crippen LogP contribution in [-0.4, -0.2) is 10.9 Å². The molecule has 0 N–H and O–H groups in total. The molecule has 0 aliphatic heterocycles. The van der Waals surface area contributed by atoms with E-state index < -0.39 is 0 Å². The summed E-state index contributed by atoms with van der Waals surface area (Å²) in [4.78, 5) is 11.8. The van der Waals surface area contributed by atoms with E-state index in [0.717, 1.165) is 29.9 Å². The van der Waals surface area contributed by atoms with Crippen LogP contribution in [0.15, 0.2) is 71.3 Å². The SMILES string of the molecule is O=C1CCC(c2ccccc2)(c2cc(-c3ccccc3)on2)CC1. The maximum atomic E-state index is 11.8. The number of hydrogen-bond donors (Lipinski definition) is 0. The molecule has 0 bridgehead atoms. The Balaban J connectivity index is 1.78. The second-order valence-corrected chi connectivity index (χ2v) is 6.43. The fraction of sp³-hybridized carbons (Fsp3) is 0.238. The van der Waals surface area contributed by atoms with Crippen LogP contribution in [0.25, 0.3) is 11.3 Å². The van der Waals surface area contributed by atoms with Gasteiger partial charge in [0.25, 0.3) is 0 Å². The van der Waals surface area contributed by atoms with Crippen LogP contribution in [0, 0.1) is 0 Å². The molecule has 0 atom stereocenters. The molecule has 3 aromatic rings. The van der Waals surface area contributed by atoms with Gasteiger partial charge in [0, 0.05) is 29.9 Å². The van der Waals surface area contributed by atoms with E-state index in [-0.39, 0.29) is 5.41 Å². The number of rotatable bonds is 3. The van der Waals surface area contributed by atoms with Crippen molar-refractivity contribution in [3.8, 4) is 11.3 Å². The van der Waals surface area contributed by atoms with Crippen molar-refractivity contribution >= 4 is 5.78 Å². The Bertz CT molecular complexity index is 827. The second kappa shape index (κ2) is 6.08. The Labute approximate surface area is 141 Å². The van der Waals surface area contributed by atoms with Gasteiger partial charge in [-0.05, 0) is 18.4 Å². The minimum Gasteiger partial charge on any atom is -0.356 e. The molecule has 0 amide bonds. The van der Waals surface area contributed by atoms with E-state index in [0.29, 0.717) is 18.6 Å². The van der Waals surface area contributed by atoms with Crippen LogP contribution < -0.4 is 0 Å². The van der Waals surface area contributed by atoms with Crippen LogP contribution in [0.3, 0.4) is 0 Å². The third-order valence-electron chi connectivity index (χ3n) is 5.05. The highest BCUT2D eigenvalue weighted by Gasteiger charge is 2.40. The van der Waals surface area contributed by atoms with Crippen molar-refractivity contribution in [2.75, 3.05) is 0 Å². The van der Waals surface area contributed by atoms with E-state index in [1.54, 1.807) is 0 Å². The first-order valence-electron chi connectivity index (χ1n) is 8.38. The molecule has 4 rings (SSSR count). The first kappa shape index (κ1) is 14.9. The Kier molecular flexibility index (Phi) is 3.77. The smallest absolute Gasteiger partial charge is 0.167 e. The molecule has 3 nitrogen and oxygen atoms in total. The highest BCUT2D eigenvalue weighted by molar-refractivity contribution is 5.80. The molecule has 0 spiro atoms. The molecule has 1 aliphatic carbocycles. The van der Waals surface area contributed by atoms with Crippen LogP contribution in [0.5, 0.6) is 0 Å². The lowest BCUT2D eigenvalue weighted by Gasteiger charge is -2.35. The fourth-order valence-corrected chi connectivity index (χ4v) is 3.64. The molecule has 0 unspecified atom stereocenters. The number of aromatic nitrogens is 1. The molecular formula is C21H19NO2. The lowest BCUT2D eigenvalue weighted by Crippen LogP contribution is -2.33. The average molecular weight is 317 g/mol. The summed E-state index contributed by atoms with van der Waals surface area (Å²) >= 11 is 0. The molecule has 120 valence electrons.